The minimum atomic E-state index is 0.278. The number of benzene rings is 2. The number of phenols is 1. The van der Waals surface area contributed by atoms with Crippen LogP contribution in [0.15, 0.2) is 42.5 Å². The average Bonchev–Trinajstić information content (AvgIpc) is 2.22. The lowest BCUT2D eigenvalue weighted by molar-refractivity contribution is 0.475. The summed E-state index contributed by atoms with van der Waals surface area (Å²) in [7, 11) is 0. The van der Waals surface area contributed by atoms with E-state index in [1.165, 1.54) is 0 Å². The van der Waals surface area contributed by atoms with Gasteiger partial charge in [0.25, 0.3) is 0 Å². The van der Waals surface area contributed by atoms with Crippen LogP contribution in [-0.4, -0.2) is 5.11 Å². The van der Waals surface area contributed by atoms with Crippen LogP contribution in [0.2, 0.25) is 5.02 Å². The monoisotopic (exact) mass is 218 g/mol. The standard InChI is InChI=1S/C13H11ClO/c1-9-7-11(5-6-13(9)14)10-3-2-4-12(15)8-10/h2-8,15H,1H3. The van der Waals surface area contributed by atoms with Crippen LogP contribution in [0.1, 0.15) is 5.56 Å². The van der Waals surface area contributed by atoms with Gasteiger partial charge in [-0.3, -0.25) is 0 Å². The van der Waals surface area contributed by atoms with Gasteiger partial charge < -0.3 is 5.11 Å². The van der Waals surface area contributed by atoms with Crippen LogP contribution in [0.5, 0.6) is 5.75 Å². The van der Waals surface area contributed by atoms with Crippen molar-refractivity contribution in [3.8, 4) is 16.9 Å². The van der Waals surface area contributed by atoms with Gasteiger partial charge >= 0.3 is 0 Å². The fraction of sp³-hybridized carbons (Fsp3) is 0.0769. The van der Waals surface area contributed by atoms with Gasteiger partial charge in [-0.1, -0.05) is 29.8 Å². The highest BCUT2D eigenvalue weighted by atomic mass is 35.5. The summed E-state index contributed by atoms with van der Waals surface area (Å²) in [6, 6.07) is 13.0. The lowest BCUT2D eigenvalue weighted by Gasteiger charge is -2.04. The highest BCUT2D eigenvalue weighted by Crippen LogP contribution is 2.26. The molecule has 0 amide bonds. The number of halogens is 1. The first-order chi connectivity index (χ1) is 7.16. The molecule has 15 heavy (non-hydrogen) atoms. The highest BCUT2D eigenvalue weighted by molar-refractivity contribution is 6.31. The third kappa shape index (κ3) is 2.13. The van der Waals surface area contributed by atoms with Gasteiger partial charge in [-0.25, -0.2) is 0 Å². The summed E-state index contributed by atoms with van der Waals surface area (Å²) in [6.45, 7) is 1.97. The molecule has 2 rings (SSSR count). The maximum atomic E-state index is 9.37. The normalized spacial score (nSPS) is 10.3. The molecule has 0 radical (unpaired) electrons. The Bertz CT molecular complexity index is 492. The molecule has 0 fully saturated rings. The molecule has 2 heteroatoms. The Hall–Kier alpha value is -1.47. The molecule has 0 saturated heterocycles. The molecule has 1 N–H and O–H groups in total. The molecule has 76 valence electrons. The quantitative estimate of drug-likeness (QED) is 0.767. The fourth-order valence-electron chi connectivity index (χ4n) is 1.51. The summed E-state index contributed by atoms with van der Waals surface area (Å²) in [4.78, 5) is 0. The Balaban J connectivity index is 2.50. The molecule has 0 aliphatic carbocycles. The van der Waals surface area contributed by atoms with E-state index in [4.69, 9.17) is 11.6 Å². The molecule has 1 nitrogen and oxygen atoms in total. The SMILES string of the molecule is Cc1cc(-c2cccc(O)c2)ccc1Cl. The van der Waals surface area contributed by atoms with Gasteiger partial charge in [0.1, 0.15) is 5.75 Å². The van der Waals surface area contributed by atoms with Crippen LogP contribution in [0.25, 0.3) is 11.1 Å². The van der Waals surface area contributed by atoms with Crippen molar-refractivity contribution in [3.63, 3.8) is 0 Å². The summed E-state index contributed by atoms with van der Waals surface area (Å²) in [5, 5.41) is 10.1. The van der Waals surface area contributed by atoms with Gasteiger partial charge in [-0.15, -0.1) is 0 Å². The van der Waals surface area contributed by atoms with E-state index >= 15 is 0 Å². The summed E-state index contributed by atoms with van der Waals surface area (Å²) < 4.78 is 0. The van der Waals surface area contributed by atoms with Gasteiger partial charge in [0.2, 0.25) is 0 Å². The van der Waals surface area contributed by atoms with E-state index in [2.05, 4.69) is 0 Å². The Morgan fingerprint density at radius 2 is 1.73 bits per heavy atom. The van der Waals surface area contributed by atoms with E-state index in [9.17, 15) is 5.11 Å². The second-order valence-electron chi connectivity index (χ2n) is 3.51. The van der Waals surface area contributed by atoms with Crippen molar-refractivity contribution in [2.75, 3.05) is 0 Å². The Labute approximate surface area is 94.0 Å². The molecule has 0 saturated carbocycles. The minimum Gasteiger partial charge on any atom is -0.508 e. The number of hydrogen-bond donors (Lipinski definition) is 1. The molecule has 0 bridgehead atoms. The van der Waals surface area contributed by atoms with Gasteiger partial charge in [-0.2, -0.15) is 0 Å². The van der Waals surface area contributed by atoms with Gasteiger partial charge in [0, 0.05) is 5.02 Å². The van der Waals surface area contributed by atoms with Crippen LogP contribution in [0.4, 0.5) is 0 Å². The molecule has 0 aliphatic heterocycles. The third-order valence-electron chi connectivity index (χ3n) is 2.34. The number of phenolic OH excluding ortho intramolecular Hbond substituents is 1. The average molecular weight is 219 g/mol. The second kappa shape index (κ2) is 3.95. The molecular weight excluding hydrogens is 208 g/mol. The summed E-state index contributed by atoms with van der Waals surface area (Å²) in [5.74, 6) is 0.278. The van der Waals surface area contributed by atoms with E-state index in [0.717, 1.165) is 21.7 Å². The number of rotatable bonds is 1. The van der Waals surface area contributed by atoms with Crippen LogP contribution in [0.3, 0.4) is 0 Å². The molecule has 0 spiro atoms. The highest BCUT2D eigenvalue weighted by Gasteiger charge is 2.01. The molecule has 0 unspecified atom stereocenters. The van der Waals surface area contributed by atoms with E-state index < -0.39 is 0 Å². The van der Waals surface area contributed by atoms with E-state index in [1.54, 1.807) is 12.1 Å². The maximum Gasteiger partial charge on any atom is 0.116 e. The Morgan fingerprint density at radius 3 is 2.40 bits per heavy atom. The Kier molecular flexibility index (Phi) is 2.65. The zero-order chi connectivity index (χ0) is 10.8. The summed E-state index contributed by atoms with van der Waals surface area (Å²) >= 11 is 5.95. The predicted octanol–water partition coefficient (Wildman–Crippen LogP) is 4.02. The van der Waals surface area contributed by atoms with Crippen molar-refractivity contribution in [2.24, 2.45) is 0 Å². The van der Waals surface area contributed by atoms with E-state index in [1.807, 2.05) is 37.3 Å². The van der Waals surface area contributed by atoms with Gasteiger partial charge in [-0.05, 0) is 47.9 Å². The lowest BCUT2D eigenvalue weighted by Crippen LogP contribution is -1.80. The second-order valence-corrected chi connectivity index (χ2v) is 3.92. The number of aryl methyl sites for hydroxylation is 1. The molecule has 0 atom stereocenters. The molecule has 0 heterocycles. The van der Waals surface area contributed by atoms with E-state index in [-0.39, 0.29) is 5.75 Å². The first-order valence-corrected chi connectivity index (χ1v) is 5.10. The number of aromatic hydroxyl groups is 1. The topological polar surface area (TPSA) is 20.2 Å². The first-order valence-electron chi connectivity index (χ1n) is 4.72. The molecule has 0 aliphatic rings. The lowest BCUT2D eigenvalue weighted by atomic mass is 10.0. The summed E-state index contributed by atoms with van der Waals surface area (Å²) in [6.07, 6.45) is 0. The van der Waals surface area contributed by atoms with Gasteiger partial charge in [0.15, 0.2) is 0 Å². The molecule has 2 aromatic carbocycles. The van der Waals surface area contributed by atoms with Crippen LogP contribution in [-0.2, 0) is 0 Å². The van der Waals surface area contributed by atoms with Crippen molar-refractivity contribution in [1.82, 2.24) is 0 Å². The Morgan fingerprint density at radius 1 is 1.00 bits per heavy atom. The van der Waals surface area contributed by atoms with E-state index in [0.29, 0.717) is 0 Å². The number of hydrogen-bond acceptors (Lipinski definition) is 1. The largest absolute Gasteiger partial charge is 0.508 e. The maximum absolute atomic E-state index is 9.37. The fourth-order valence-corrected chi connectivity index (χ4v) is 1.63. The summed E-state index contributed by atoms with van der Waals surface area (Å²) in [5.41, 5.74) is 3.10. The smallest absolute Gasteiger partial charge is 0.116 e. The molecule has 2 aromatic rings. The van der Waals surface area contributed by atoms with Crippen molar-refractivity contribution in [1.29, 1.82) is 0 Å². The molecular formula is C13H11ClO. The van der Waals surface area contributed by atoms with Gasteiger partial charge in [0.05, 0.1) is 0 Å². The van der Waals surface area contributed by atoms with Crippen molar-refractivity contribution < 1.29 is 5.11 Å². The molecule has 0 aromatic heterocycles. The predicted molar refractivity (Wildman–Crippen MR) is 63.3 cm³/mol. The third-order valence-corrected chi connectivity index (χ3v) is 2.76. The van der Waals surface area contributed by atoms with Crippen molar-refractivity contribution in [2.45, 2.75) is 6.92 Å². The van der Waals surface area contributed by atoms with Crippen molar-refractivity contribution >= 4 is 11.6 Å². The minimum absolute atomic E-state index is 0.278. The van der Waals surface area contributed by atoms with Crippen LogP contribution in [0, 0.1) is 6.92 Å². The van der Waals surface area contributed by atoms with Crippen LogP contribution >= 0.6 is 11.6 Å². The van der Waals surface area contributed by atoms with Crippen LogP contribution < -0.4 is 0 Å². The van der Waals surface area contributed by atoms with Crippen molar-refractivity contribution in [3.05, 3.63) is 53.1 Å². The first kappa shape index (κ1) is 10.1. The zero-order valence-corrected chi connectivity index (χ0v) is 9.12. The zero-order valence-electron chi connectivity index (χ0n) is 8.37.